The lowest BCUT2D eigenvalue weighted by Gasteiger charge is -2.48. The van der Waals surface area contributed by atoms with Crippen molar-refractivity contribution in [2.24, 2.45) is 11.3 Å². The van der Waals surface area contributed by atoms with E-state index >= 15 is 0 Å². The number of carbonyl (C=O) groups is 1. The van der Waals surface area contributed by atoms with Crippen LogP contribution in [-0.2, 0) is 24.3 Å². The average molecular weight is 661 g/mol. The van der Waals surface area contributed by atoms with Crippen molar-refractivity contribution in [2.75, 3.05) is 26.2 Å². The molecule has 9 heteroatoms. The minimum absolute atomic E-state index is 0.166. The Balaban J connectivity index is 1.11. The summed E-state index contributed by atoms with van der Waals surface area (Å²) in [5, 5.41) is 18.9. The molecule has 1 atom stereocenters. The number of nitrogens with one attached hydrogen (secondary N) is 1. The van der Waals surface area contributed by atoms with Crippen molar-refractivity contribution in [1.29, 1.82) is 0 Å². The van der Waals surface area contributed by atoms with E-state index in [1.165, 1.54) is 37.7 Å². The average Bonchev–Trinajstić information content (AvgIpc) is 3.63. The van der Waals surface area contributed by atoms with Gasteiger partial charge in [-0.15, -0.1) is 0 Å². The molecular formula is C38H53ClN6O2. The van der Waals surface area contributed by atoms with E-state index < -0.39 is 0 Å². The topological polar surface area (TPSA) is 86.5 Å². The molecule has 8 nitrogen and oxygen atoms in total. The largest absolute Gasteiger partial charge is 0.395 e. The molecule has 3 fully saturated rings. The standard InChI is InChI=1S/C38H53ClN6O2/c39-33-13-11-30(12-14-33)25-36(42-34-15-17-35(18-16-34)44(23-24-46)26-31-7-3-1-4-8-31)37(47)43-21-19-38(20-22-43,27-45-29-40-28-41-45)32-9-5-2-6-10-32/h1,3-4,7-8,11-14,28-29,32,34-36,42,46H,2,5-6,9-10,15-27H2/t34?,35?,36-/m1/s1. The van der Waals surface area contributed by atoms with Crippen LogP contribution in [0.3, 0.4) is 0 Å². The number of piperidine rings is 1. The summed E-state index contributed by atoms with van der Waals surface area (Å²) >= 11 is 6.22. The molecule has 6 rings (SSSR count). The van der Waals surface area contributed by atoms with E-state index in [2.05, 4.69) is 67.7 Å². The Morgan fingerprint density at radius 1 is 0.957 bits per heavy atom. The maximum Gasteiger partial charge on any atom is 0.240 e. The highest BCUT2D eigenvalue weighted by molar-refractivity contribution is 6.30. The predicted octanol–water partition coefficient (Wildman–Crippen LogP) is 6.13. The summed E-state index contributed by atoms with van der Waals surface area (Å²) in [5.74, 6) is 0.911. The second kappa shape index (κ2) is 16.6. The zero-order chi connectivity index (χ0) is 32.5. The van der Waals surface area contributed by atoms with Crippen molar-refractivity contribution >= 4 is 17.5 Å². The van der Waals surface area contributed by atoms with Crippen LogP contribution in [0.2, 0.25) is 5.02 Å². The molecule has 0 spiro atoms. The van der Waals surface area contributed by atoms with E-state index in [9.17, 15) is 9.90 Å². The monoisotopic (exact) mass is 660 g/mol. The van der Waals surface area contributed by atoms with Gasteiger partial charge in [-0.3, -0.25) is 14.4 Å². The number of nitrogens with zero attached hydrogens (tertiary/aromatic N) is 5. The molecule has 254 valence electrons. The number of halogens is 1. The van der Waals surface area contributed by atoms with Crippen molar-refractivity contribution in [3.63, 3.8) is 0 Å². The third kappa shape index (κ3) is 9.02. The number of rotatable bonds is 13. The third-order valence-corrected chi connectivity index (χ3v) is 11.7. The summed E-state index contributed by atoms with van der Waals surface area (Å²) < 4.78 is 2.02. The van der Waals surface area contributed by atoms with Crippen LogP contribution in [0, 0.1) is 11.3 Å². The Labute approximate surface area is 285 Å². The molecule has 1 saturated heterocycles. The summed E-state index contributed by atoms with van der Waals surface area (Å²) in [5.41, 5.74) is 2.58. The first-order valence-corrected chi connectivity index (χ1v) is 18.4. The van der Waals surface area contributed by atoms with Crippen molar-refractivity contribution in [2.45, 2.75) is 108 Å². The Morgan fingerprint density at radius 2 is 1.68 bits per heavy atom. The second-order valence-electron chi connectivity index (χ2n) is 14.4. The fourth-order valence-electron chi connectivity index (χ4n) is 8.74. The van der Waals surface area contributed by atoms with Crippen LogP contribution in [0.1, 0.15) is 81.8 Å². The number of hydrogen-bond donors (Lipinski definition) is 2. The highest BCUT2D eigenvalue weighted by Gasteiger charge is 2.44. The van der Waals surface area contributed by atoms with Crippen LogP contribution < -0.4 is 5.32 Å². The number of likely N-dealkylation sites (tertiary alicyclic amines) is 1. The first-order chi connectivity index (χ1) is 23.0. The molecule has 2 aromatic carbocycles. The first kappa shape index (κ1) is 34.1. The zero-order valence-corrected chi connectivity index (χ0v) is 28.6. The van der Waals surface area contributed by atoms with Crippen LogP contribution in [0.4, 0.5) is 0 Å². The highest BCUT2D eigenvalue weighted by atomic mass is 35.5. The predicted molar refractivity (Wildman–Crippen MR) is 187 cm³/mol. The second-order valence-corrected chi connectivity index (χ2v) is 14.8. The summed E-state index contributed by atoms with van der Waals surface area (Å²) in [6, 6.07) is 19.0. The fraction of sp³-hybridized carbons (Fsp3) is 0.605. The van der Waals surface area contributed by atoms with Gasteiger partial charge in [-0.25, -0.2) is 4.98 Å². The van der Waals surface area contributed by atoms with E-state index in [4.69, 9.17) is 11.6 Å². The molecule has 0 radical (unpaired) electrons. The Morgan fingerprint density at radius 3 is 2.34 bits per heavy atom. The minimum atomic E-state index is -0.270. The molecule has 2 aliphatic carbocycles. The van der Waals surface area contributed by atoms with Gasteiger partial charge in [0.1, 0.15) is 12.7 Å². The maximum absolute atomic E-state index is 14.4. The van der Waals surface area contributed by atoms with Crippen LogP contribution in [0.5, 0.6) is 0 Å². The number of aromatic nitrogens is 3. The summed E-state index contributed by atoms with van der Waals surface area (Å²) in [4.78, 5) is 23.2. The number of aliphatic hydroxyl groups is 1. The lowest BCUT2D eigenvalue weighted by Crippen LogP contribution is -2.56. The van der Waals surface area contributed by atoms with Crippen LogP contribution >= 0.6 is 11.6 Å². The summed E-state index contributed by atoms with van der Waals surface area (Å²) in [6.45, 7) is 4.20. The molecule has 47 heavy (non-hydrogen) atoms. The molecule has 2 heterocycles. The van der Waals surface area contributed by atoms with Crippen molar-refractivity contribution < 1.29 is 9.90 Å². The van der Waals surface area contributed by atoms with Crippen molar-refractivity contribution in [3.05, 3.63) is 83.4 Å². The van der Waals surface area contributed by atoms with Gasteiger partial charge in [-0.05, 0) is 92.4 Å². The lowest BCUT2D eigenvalue weighted by atomic mass is 9.63. The molecule has 3 aliphatic rings. The zero-order valence-electron chi connectivity index (χ0n) is 27.9. The fourth-order valence-corrected chi connectivity index (χ4v) is 8.87. The number of hydrogen-bond acceptors (Lipinski definition) is 6. The molecule has 2 N–H and O–H groups in total. The molecular weight excluding hydrogens is 608 g/mol. The molecule has 0 unspecified atom stereocenters. The quantitative estimate of drug-likeness (QED) is 0.230. The van der Waals surface area contributed by atoms with Gasteiger partial charge < -0.3 is 15.3 Å². The number of aliphatic hydroxyl groups excluding tert-OH is 1. The smallest absolute Gasteiger partial charge is 0.240 e. The molecule has 2 saturated carbocycles. The number of amides is 1. The van der Waals surface area contributed by atoms with Crippen molar-refractivity contribution in [1.82, 2.24) is 29.9 Å². The first-order valence-electron chi connectivity index (χ1n) is 18.0. The normalized spacial score (nSPS) is 22.7. The van der Waals surface area contributed by atoms with Crippen LogP contribution in [-0.4, -0.2) is 79.9 Å². The Kier molecular flexibility index (Phi) is 12.0. The molecule has 0 bridgehead atoms. The van der Waals surface area contributed by atoms with Gasteiger partial charge in [-0.1, -0.05) is 73.3 Å². The molecule has 1 amide bonds. The van der Waals surface area contributed by atoms with Gasteiger partial charge in [-0.2, -0.15) is 5.10 Å². The van der Waals surface area contributed by atoms with Gasteiger partial charge in [0.25, 0.3) is 0 Å². The Bertz CT molecular complexity index is 1350. The molecule has 3 aromatic rings. The van der Waals surface area contributed by atoms with E-state index in [-0.39, 0.29) is 24.0 Å². The van der Waals surface area contributed by atoms with Gasteiger partial charge in [0.2, 0.25) is 5.91 Å². The Hall–Kier alpha value is -2.78. The van der Waals surface area contributed by atoms with E-state index in [0.717, 1.165) is 70.3 Å². The summed E-state index contributed by atoms with van der Waals surface area (Å²) in [7, 11) is 0. The van der Waals surface area contributed by atoms with Crippen LogP contribution in [0.25, 0.3) is 0 Å². The summed E-state index contributed by atoms with van der Waals surface area (Å²) in [6.07, 6.45) is 16.9. The van der Waals surface area contributed by atoms with Gasteiger partial charge in [0.15, 0.2) is 0 Å². The van der Waals surface area contributed by atoms with Gasteiger partial charge >= 0.3 is 0 Å². The number of carbonyl (C=O) groups excluding carboxylic acids is 1. The van der Waals surface area contributed by atoms with Crippen molar-refractivity contribution in [3.8, 4) is 0 Å². The molecule has 1 aromatic heterocycles. The van der Waals surface area contributed by atoms with E-state index in [0.29, 0.717) is 36.0 Å². The molecule has 1 aliphatic heterocycles. The van der Waals surface area contributed by atoms with Gasteiger partial charge in [0, 0.05) is 49.8 Å². The minimum Gasteiger partial charge on any atom is -0.395 e. The van der Waals surface area contributed by atoms with Gasteiger partial charge in [0.05, 0.1) is 12.6 Å². The van der Waals surface area contributed by atoms with E-state index in [1.807, 2.05) is 23.1 Å². The van der Waals surface area contributed by atoms with E-state index in [1.54, 1.807) is 6.33 Å². The SMILES string of the molecule is O=C([C@@H](Cc1ccc(Cl)cc1)NC1CCC(N(CCO)Cc2ccccc2)CC1)N1CCC(Cn2cncn2)(C2CCCCC2)CC1. The number of benzene rings is 2. The lowest BCUT2D eigenvalue weighted by molar-refractivity contribution is -0.137. The maximum atomic E-state index is 14.4. The third-order valence-electron chi connectivity index (χ3n) is 11.4. The van der Waals surface area contributed by atoms with Crippen LogP contribution in [0.15, 0.2) is 67.3 Å². The highest BCUT2D eigenvalue weighted by Crippen LogP contribution is 2.47.